The summed E-state index contributed by atoms with van der Waals surface area (Å²) in [6.07, 6.45) is 0.566. The lowest BCUT2D eigenvalue weighted by Gasteiger charge is -2.53. The maximum absolute atomic E-state index is 13.4. The van der Waals surface area contributed by atoms with Crippen LogP contribution in [0.5, 0.6) is 11.8 Å². The maximum Gasteiger partial charge on any atom is 0.407 e. The summed E-state index contributed by atoms with van der Waals surface area (Å²) in [6.45, 7) is 20.7. The van der Waals surface area contributed by atoms with Crippen LogP contribution in [0.15, 0.2) is 127 Å². The standard InChI is InChI=1S/C57H70N6O6Si/c1-56(2,3)52-51(41-69-70(57(4,5)6,45-22-12-8-13-23-45)46-24-14-9-15-25-46)62(30-31-63(52)55(64)65)53-48-27-29-61(39-49(48)58-54(59-53)67-34-18-28-60-32-35-66-36-33-60)50-38-44(37-43-21-16-17-26-47(43)50)68-40-42-19-10-7-11-20-42/h7-17,19-26,37-38,51-52H,18,27-36,39-41H2,1-6H3,(H,64,65). The molecular formula is C57H70N6O6Si. The molecule has 9 rings (SSSR count). The maximum atomic E-state index is 13.4. The number of aromatic nitrogens is 2. The van der Waals surface area contributed by atoms with E-state index < -0.39 is 31.9 Å². The van der Waals surface area contributed by atoms with Crippen molar-refractivity contribution in [3.8, 4) is 11.8 Å². The van der Waals surface area contributed by atoms with E-state index in [1.165, 1.54) is 10.4 Å². The Morgan fingerprint density at radius 3 is 2.09 bits per heavy atom. The molecule has 3 aliphatic rings. The van der Waals surface area contributed by atoms with Gasteiger partial charge < -0.3 is 38.4 Å². The van der Waals surface area contributed by atoms with E-state index in [1.807, 2.05) is 18.2 Å². The van der Waals surface area contributed by atoms with Gasteiger partial charge in [-0.15, -0.1) is 0 Å². The quantitative estimate of drug-likeness (QED) is 0.0787. The number of nitrogens with zero attached hydrogens (tertiary/aromatic N) is 6. The number of morpholine rings is 1. The molecule has 2 unspecified atom stereocenters. The zero-order chi connectivity index (χ0) is 48.9. The van der Waals surface area contributed by atoms with Crippen LogP contribution in [0.3, 0.4) is 0 Å². The zero-order valence-corrected chi connectivity index (χ0v) is 42.9. The topological polar surface area (TPSA) is 113 Å². The third kappa shape index (κ3) is 10.5. The fourth-order valence-corrected chi connectivity index (χ4v) is 15.7. The summed E-state index contributed by atoms with van der Waals surface area (Å²) in [6, 6.07) is 43.9. The largest absolute Gasteiger partial charge is 0.489 e. The summed E-state index contributed by atoms with van der Waals surface area (Å²) in [5.74, 6) is 1.61. The highest BCUT2D eigenvalue weighted by molar-refractivity contribution is 6.99. The van der Waals surface area contributed by atoms with Crippen LogP contribution < -0.4 is 29.6 Å². The number of amides is 1. The van der Waals surface area contributed by atoms with Crippen LogP contribution in [-0.2, 0) is 28.7 Å². The molecule has 4 heterocycles. The van der Waals surface area contributed by atoms with E-state index in [9.17, 15) is 9.90 Å². The van der Waals surface area contributed by atoms with Gasteiger partial charge in [-0.25, -0.2) is 4.79 Å². The molecule has 2 atom stereocenters. The number of hydrogen-bond acceptors (Lipinski definition) is 10. The predicted octanol–water partition coefficient (Wildman–Crippen LogP) is 9.03. The summed E-state index contributed by atoms with van der Waals surface area (Å²) >= 11 is 0. The minimum absolute atomic E-state index is 0.279. The lowest BCUT2D eigenvalue weighted by Crippen LogP contribution is -2.71. The number of rotatable bonds is 15. The first-order valence-electron chi connectivity index (χ1n) is 25.1. The molecule has 70 heavy (non-hydrogen) atoms. The van der Waals surface area contributed by atoms with Crippen molar-refractivity contribution in [2.24, 2.45) is 5.41 Å². The highest BCUT2D eigenvalue weighted by Crippen LogP contribution is 2.42. The first kappa shape index (κ1) is 49.0. The van der Waals surface area contributed by atoms with Crippen LogP contribution in [0.4, 0.5) is 16.3 Å². The Bertz CT molecular complexity index is 2650. The van der Waals surface area contributed by atoms with Gasteiger partial charge in [-0.2, -0.15) is 9.97 Å². The highest BCUT2D eigenvalue weighted by atomic mass is 28.4. The molecule has 5 aromatic carbocycles. The number of fused-ring (bicyclic) bond motifs is 2. The predicted molar refractivity (Wildman–Crippen MR) is 282 cm³/mol. The van der Waals surface area contributed by atoms with Gasteiger partial charge in [0.1, 0.15) is 18.2 Å². The number of carbonyl (C=O) groups is 1. The second-order valence-electron chi connectivity index (χ2n) is 21.0. The minimum Gasteiger partial charge on any atom is -0.489 e. The molecule has 13 heteroatoms. The van der Waals surface area contributed by atoms with Gasteiger partial charge in [-0.1, -0.05) is 157 Å². The highest BCUT2D eigenvalue weighted by Gasteiger charge is 2.53. The molecule has 1 amide bonds. The Hall–Kier alpha value is -5.99. The van der Waals surface area contributed by atoms with Crippen molar-refractivity contribution in [2.75, 3.05) is 75.5 Å². The molecule has 0 aliphatic carbocycles. The summed E-state index contributed by atoms with van der Waals surface area (Å²) in [7, 11) is -3.06. The molecule has 12 nitrogen and oxygen atoms in total. The van der Waals surface area contributed by atoms with Crippen LogP contribution in [0.25, 0.3) is 10.8 Å². The molecule has 0 radical (unpaired) electrons. The Balaban J connectivity index is 1.12. The molecule has 1 N–H and O–H groups in total. The number of ether oxygens (including phenoxy) is 3. The molecule has 0 bridgehead atoms. The molecule has 0 spiro atoms. The Morgan fingerprint density at radius 2 is 1.43 bits per heavy atom. The fourth-order valence-electron chi connectivity index (χ4n) is 11.1. The van der Waals surface area contributed by atoms with Gasteiger partial charge in [0.15, 0.2) is 0 Å². The summed E-state index contributed by atoms with van der Waals surface area (Å²) in [5.41, 5.74) is 3.69. The number of carboxylic acid groups (broad SMARTS) is 1. The van der Waals surface area contributed by atoms with Crippen molar-refractivity contribution in [1.29, 1.82) is 0 Å². The smallest absolute Gasteiger partial charge is 0.407 e. The Morgan fingerprint density at radius 1 is 0.771 bits per heavy atom. The lowest BCUT2D eigenvalue weighted by molar-refractivity contribution is 0.0356. The third-order valence-corrected chi connectivity index (χ3v) is 19.4. The van der Waals surface area contributed by atoms with Crippen molar-refractivity contribution < 1.29 is 28.5 Å². The fraction of sp³-hybridized carbons (Fsp3) is 0.421. The zero-order valence-electron chi connectivity index (χ0n) is 41.9. The molecule has 2 saturated heterocycles. The van der Waals surface area contributed by atoms with Crippen molar-refractivity contribution >= 4 is 47.1 Å². The van der Waals surface area contributed by atoms with Gasteiger partial charge in [0.05, 0.1) is 50.7 Å². The van der Waals surface area contributed by atoms with E-state index in [-0.39, 0.29) is 11.6 Å². The summed E-state index contributed by atoms with van der Waals surface area (Å²) in [4.78, 5) is 32.8. The van der Waals surface area contributed by atoms with Crippen molar-refractivity contribution in [3.63, 3.8) is 0 Å². The second-order valence-corrected chi connectivity index (χ2v) is 25.3. The van der Waals surface area contributed by atoms with Gasteiger partial charge in [0.25, 0.3) is 8.32 Å². The number of benzene rings is 5. The van der Waals surface area contributed by atoms with E-state index in [0.29, 0.717) is 45.3 Å². The van der Waals surface area contributed by atoms with E-state index in [4.69, 9.17) is 28.6 Å². The molecule has 0 saturated carbocycles. The molecular weight excluding hydrogens is 893 g/mol. The normalized spacial score (nSPS) is 18.2. The van der Waals surface area contributed by atoms with Crippen molar-refractivity contribution in [3.05, 3.63) is 144 Å². The number of anilines is 2. The van der Waals surface area contributed by atoms with E-state index in [2.05, 4.69) is 165 Å². The van der Waals surface area contributed by atoms with Gasteiger partial charge >= 0.3 is 12.1 Å². The first-order chi connectivity index (χ1) is 33.8. The van der Waals surface area contributed by atoms with E-state index >= 15 is 0 Å². The van der Waals surface area contributed by atoms with Crippen molar-refractivity contribution in [2.45, 2.75) is 84.7 Å². The number of piperazine rings is 1. The number of hydrogen-bond donors (Lipinski definition) is 1. The third-order valence-electron chi connectivity index (χ3n) is 14.4. The van der Waals surface area contributed by atoms with Crippen LogP contribution >= 0.6 is 0 Å². The van der Waals surface area contributed by atoms with Gasteiger partial charge in [0.2, 0.25) is 0 Å². The average molecular weight is 963 g/mol. The Kier molecular flexibility index (Phi) is 14.8. The van der Waals surface area contributed by atoms with E-state index in [0.717, 1.165) is 90.7 Å². The van der Waals surface area contributed by atoms with Gasteiger partial charge in [-0.3, -0.25) is 4.90 Å². The molecule has 368 valence electrons. The molecule has 2 fully saturated rings. The molecule has 1 aromatic heterocycles. The van der Waals surface area contributed by atoms with Crippen LogP contribution in [0.2, 0.25) is 5.04 Å². The van der Waals surface area contributed by atoms with Crippen LogP contribution in [0.1, 0.15) is 64.8 Å². The molecule has 6 aromatic rings. The summed E-state index contributed by atoms with van der Waals surface area (Å²) in [5, 5.41) is 15.3. The Labute approximate surface area is 415 Å². The van der Waals surface area contributed by atoms with Gasteiger partial charge in [-0.05, 0) is 50.7 Å². The first-order valence-corrected chi connectivity index (χ1v) is 27.0. The van der Waals surface area contributed by atoms with Crippen LogP contribution in [0, 0.1) is 5.41 Å². The minimum atomic E-state index is -3.06. The summed E-state index contributed by atoms with van der Waals surface area (Å²) < 4.78 is 26.4. The van der Waals surface area contributed by atoms with Crippen molar-refractivity contribution in [1.82, 2.24) is 19.8 Å². The second kappa shape index (κ2) is 21.2. The average Bonchev–Trinajstić information content (AvgIpc) is 3.37. The van der Waals surface area contributed by atoms with E-state index in [1.54, 1.807) is 4.90 Å². The SMILES string of the molecule is CC(C)(C)C1C(CO[Si](c2ccccc2)(c2ccccc2)C(C)(C)C)N(c2nc(OCCCN3CCOCC3)nc3c2CCN(c2cc(OCc4ccccc4)cc4ccccc24)C3)CCN1C(=O)O. The monoisotopic (exact) mass is 963 g/mol. The van der Waals surface area contributed by atoms with Gasteiger partial charge in [0, 0.05) is 62.0 Å². The van der Waals surface area contributed by atoms with Crippen LogP contribution in [-0.4, -0.2) is 117 Å². The molecule has 3 aliphatic heterocycles. The lowest BCUT2D eigenvalue weighted by atomic mass is 9.79.